The summed E-state index contributed by atoms with van der Waals surface area (Å²) in [6, 6.07) is 15.2. The van der Waals surface area contributed by atoms with Crippen LogP contribution in [0.3, 0.4) is 0 Å². The van der Waals surface area contributed by atoms with Gasteiger partial charge in [-0.05, 0) is 69.9 Å². The second-order valence-corrected chi connectivity index (χ2v) is 12.9. The van der Waals surface area contributed by atoms with E-state index in [1.807, 2.05) is 67.0 Å². The Balaban J connectivity index is 1.54. The quantitative estimate of drug-likeness (QED) is 0.289. The average molecular weight is 572 g/mol. The molecule has 3 heterocycles. The van der Waals surface area contributed by atoms with E-state index in [2.05, 4.69) is 37.5 Å². The number of para-hydroxylation sites is 1. The summed E-state index contributed by atoms with van der Waals surface area (Å²) >= 11 is 0. The van der Waals surface area contributed by atoms with Gasteiger partial charge in [-0.1, -0.05) is 57.0 Å². The molecule has 224 valence electrons. The summed E-state index contributed by atoms with van der Waals surface area (Å²) in [6.07, 6.45) is 4.20. The number of benzene rings is 2. The van der Waals surface area contributed by atoms with Crippen LogP contribution >= 0.6 is 0 Å². The normalized spacial score (nSPS) is 20.9. The van der Waals surface area contributed by atoms with Gasteiger partial charge in [0.25, 0.3) is 0 Å². The lowest BCUT2D eigenvalue weighted by molar-refractivity contribution is -0.146. The molecular formula is C35H45N3O4. The van der Waals surface area contributed by atoms with Gasteiger partial charge in [0.15, 0.2) is 0 Å². The number of carbonyl (C=O) groups is 3. The first-order chi connectivity index (χ1) is 20.0. The Kier molecular flexibility index (Phi) is 8.49. The van der Waals surface area contributed by atoms with Gasteiger partial charge in [0.1, 0.15) is 11.6 Å². The van der Waals surface area contributed by atoms with Gasteiger partial charge in [0.2, 0.25) is 11.8 Å². The predicted molar refractivity (Wildman–Crippen MR) is 165 cm³/mol. The zero-order valence-electron chi connectivity index (χ0n) is 26.0. The number of carbonyl (C=O) groups excluding carboxylic acids is 3. The minimum atomic E-state index is -0.553. The standard InChI is InChI=1S/C35H45N3O4/c1-7-9-12-26-22-36(19-8-2)33(40)30-20-28-27-13-10-11-14-29(27)37(31(28)23(3)38(30)32(26)39)21-24-15-17-25(18-16-24)34(41)42-35(4,5)6/h10-11,13-18,23,26,30H,7-9,12,19-22H2,1-6H3/t23-,26?,30+/m0/s1. The fraction of sp³-hybridized carbons (Fsp3) is 0.514. The lowest BCUT2D eigenvalue weighted by Crippen LogP contribution is -2.52. The minimum absolute atomic E-state index is 0.0799. The average Bonchev–Trinajstić information content (AvgIpc) is 3.22. The third kappa shape index (κ3) is 5.70. The van der Waals surface area contributed by atoms with Crippen LogP contribution in [-0.2, 0) is 27.3 Å². The summed E-state index contributed by atoms with van der Waals surface area (Å²) in [5.74, 6) is -0.322. The van der Waals surface area contributed by atoms with Crippen molar-refractivity contribution in [2.45, 2.75) is 97.9 Å². The van der Waals surface area contributed by atoms with Crippen LogP contribution in [0.5, 0.6) is 0 Å². The molecule has 2 aliphatic heterocycles. The van der Waals surface area contributed by atoms with E-state index < -0.39 is 11.6 Å². The van der Waals surface area contributed by atoms with Gasteiger partial charge in [-0.2, -0.15) is 0 Å². The van der Waals surface area contributed by atoms with Crippen molar-refractivity contribution < 1.29 is 19.1 Å². The molecule has 0 spiro atoms. The lowest BCUT2D eigenvalue weighted by atomic mass is 9.90. The van der Waals surface area contributed by atoms with Crippen molar-refractivity contribution in [3.05, 3.63) is 70.9 Å². The van der Waals surface area contributed by atoms with Crippen LogP contribution in [0.15, 0.2) is 48.5 Å². The molecule has 0 saturated carbocycles. The maximum absolute atomic E-state index is 14.2. The Morgan fingerprint density at radius 1 is 0.976 bits per heavy atom. The summed E-state index contributed by atoms with van der Waals surface area (Å²) in [4.78, 5) is 44.6. The highest BCUT2D eigenvalue weighted by Gasteiger charge is 2.47. The van der Waals surface area contributed by atoms with Gasteiger partial charge in [-0.3, -0.25) is 9.59 Å². The SMILES string of the molecule is CCCCC1CN(CCC)C(=O)[C@H]2Cc3c(n(Cc4ccc(C(=O)OC(C)(C)C)cc4)c4ccccc34)[C@H](C)N2C1=O. The zero-order valence-corrected chi connectivity index (χ0v) is 26.0. The molecule has 5 rings (SSSR count). The summed E-state index contributed by atoms with van der Waals surface area (Å²) < 4.78 is 7.85. The van der Waals surface area contributed by atoms with Gasteiger partial charge < -0.3 is 19.1 Å². The molecular weight excluding hydrogens is 526 g/mol. The van der Waals surface area contributed by atoms with Crippen molar-refractivity contribution in [3.8, 4) is 0 Å². The number of nitrogens with zero attached hydrogens (tertiary/aromatic N) is 3. The number of hydrogen-bond donors (Lipinski definition) is 0. The van der Waals surface area contributed by atoms with Crippen LogP contribution in [0, 0.1) is 5.92 Å². The van der Waals surface area contributed by atoms with Crippen molar-refractivity contribution in [3.63, 3.8) is 0 Å². The van der Waals surface area contributed by atoms with Crippen LogP contribution < -0.4 is 0 Å². The van der Waals surface area contributed by atoms with Crippen molar-refractivity contribution in [1.82, 2.24) is 14.4 Å². The van der Waals surface area contributed by atoms with Crippen LogP contribution in [0.4, 0.5) is 0 Å². The highest BCUT2D eigenvalue weighted by atomic mass is 16.6. The predicted octanol–water partition coefficient (Wildman–Crippen LogP) is 6.52. The summed E-state index contributed by atoms with van der Waals surface area (Å²) in [5, 5.41) is 1.14. The molecule has 3 aromatic rings. The van der Waals surface area contributed by atoms with Gasteiger partial charge in [0, 0.05) is 42.7 Å². The molecule has 42 heavy (non-hydrogen) atoms. The smallest absolute Gasteiger partial charge is 0.338 e. The fourth-order valence-electron chi connectivity index (χ4n) is 6.76. The fourth-order valence-corrected chi connectivity index (χ4v) is 6.76. The lowest BCUT2D eigenvalue weighted by Gasteiger charge is -2.40. The van der Waals surface area contributed by atoms with E-state index in [4.69, 9.17) is 4.74 Å². The van der Waals surface area contributed by atoms with E-state index in [9.17, 15) is 14.4 Å². The van der Waals surface area contributed by atoms with Gasteiger partial charge in [-0.25, -0.2) is 4.79 Å². The monoisotopic (exact) mass is 571 g/mol. The second-order valence-electron chi connectivity index (χ2n) is 12.9. The number of esters is 1. The van der Waals surface area contributed by atoms with Crippen LogP contribution in [0.25, 0.3) is 10.9 Å². The first-order valence-electron chi connectivity index (χ1n) is 15.6. The zero-order chi connectivity index (χ0) is 30.2. The topological polar surface area (TPSA) is 71.9 Å². The van der Waals surface area contributed by atoms with Crippen LogP contribution in [0.1, 0.15) is 100 Å². The number of ether oxygens (including phenoxy) is 1. The molecule has 2 aromatic carbocycles. The van der Waals surface area contributed by atoms with E-state index in [-0.39, 0.29) is 29.7 Å². The molecule has 7 nitrogen and oxygen atoms in total. The van der Waals surface area contributed by atoms with Crippen molar-refractivity contribution in [2.24, 2.45) is 5.92 Å². The highest BCUT2D eigenvalue weighted by molar-refractivity contribution is 5.95. The van der Waals surface area contributed by atoms with Crippen molar-refractivity contribution >= 4 is 28.7 Å². The number of fused-ring (bicyclic) bond motifs is 4. The molecule has 0 bridgehead atoms. The third-order valence-corrected chi connectivity index (χ3v) is 8.64. The second kappa shape index (κ2) is 11.9. The van der Waals surface area contributed by atoms with E-state index in [1.54, 1.807) is 0 Å². The van der Waals surface area contributed by atoms with Crippen LogP contribution in [0.2, 0.25) is 0 Å². The summed E-state index contributed by atoms with van der Waals surface area (Å²) in [7, 11) is 0. The van der Waals surface area contributed by atoms with E-state index in [0.717, 1.165) is 53.4 Å². The molecule has 2 aliphatic rings. The molecule has 2 amide bonds. The Bertz CT molecular complexity index is 1470. The van der Waals surface area contributed by atoms with Crippen molar-refractivity contribution in [2.75, 3.05) is 13.1 Å². The molecule has 1 unspecified atom stereocenters. The summed E-state index contributed by atoms with van der Waals surface area (Å²) in [6.45, 7) is 13.7. The van der Waals surface area contributed by atoms with Gasteiger partial charge >= 0.3 is 5.97 Å². The molecule has 0 radical (unpaired) electrons. The van der Waals surface area contributed by atoms with E-state index >= 15 is 0 Å². The molecule has 1 fully saturated rings. The third-order valence-electron chi connectivity index (χ3n) is 8.64. The highest BCUT2D eigenvalue weighted by Crippen LogP contribution is 2.42. The Morgan fingerprint density at radius 3 is 2.36 bits per heavy atom. The number of amides is 2. The largest absolute Gasteiger partial charge is 0.456 e. The number of hydrogen-bond acceptors (Lipinski definition) is 4. The van der Waals surface area contributed by atoms with Crippen LogP contribution in [-0.4, -0.2) is 56.9 Å². The van der Waals surface area contributed by atoms with Crippen molar-refractivity contribution in [1.29, 1.82) is 0 Å². The molecule has 3 atom stereocenters. The van der Waals surface area contributed by atoms with Gasteiger partial charge in [0.05, 0.1) is 17.5 Å². The molecule has 1 saturated heterocycles. The van der Waals surface area contributed by atoms with E-state index in [1.165, 1.54) is 0 Å². The Labute approximate surface area is 249 Å². The molecule has 0 aliphatic carbocycles. The molecule has 1 aromatic heterocycles. The Hall–Kier alpha value is -3.61. The number of unbranched alkanes of at least 4 members (excludes halogenated alkanes) is 1. The number of aromatic nitrogens is 1. The van der Waals surface area contributed by atoms with Gasteiger partial charge in [-0.15, -0.1) is 0 Å². The summed E-state index contributed by atoms with van der Waals surface area (Å²) in [5.41, 5.74) is 4.37. The first-order valence-corrected chi connectivity index (χ1v) is 15.6. The molecule has 7 heteroatoms. The molecule has 0 N–H and O–H groups in total. The Morgan fingerprint density at radius 2 is 1.69 bits per heavy atom. The first kappa shape index (κ1) is 29.9. The maximum Gasteiger partial charge on any atom is 0.338 e. The minimum Gasteiger partial charge on any atom is -0.456 e. The maximum atomic E-state index is 14.2. The number of rotatable bonds is 8. The van der Waals surface area contributed by atoms with E-state index in [0.29, 0.717) is 31.6 Å².